The van der Waals surface area contributed by atoms with E-state index in [-0.39, 0.29) is 0 Å². The maximum absolute atomic E-state index is 5.78. The van der Waals surface area contributed by atoms with Gasteiger partial charge >= 0.3 is 0 Å². The van der Waals surface area contributed by atoms with Crippen LogP contribution in [0.15, 0.2) is 0 Å². The number of hydrogen-bond acceptors (Lipinski definition) is 3. The highest BCUT2D eigenvalue weighted by Gasteiger charge is 2.27. The minimum Gasteiger partial charge on any atom is -0.375 e. The number of ether oxygens (including phenoxy) is 1. The Kier molecular flexibility index (Phi) is 3.19. The van der Waals surface area contributed by atoms with Crippen molar-refractivity contribution in [3.63, 3.8) is 0 Å². The van der Waals surface area contributed by atoms with E-state index in [4.69, 9.17) is 4.74 Å². The van der Waals surface area contributed by atoms with Gasteiger partial charge in [-0.2, -0.15) is 0 Å². The zero-order valence-corrected chi connectivity index (χ0v) is 8.46. The molecule has 0 amide bonds. The van der Waals surface area contributed by atoms with Crippen molar-refractivity contribution in [3.8, 4) is 0 Å². The lowest BCUT2D eigenvalue weighted by atomic mass is 9.92. The molecule has 2 atom stereocenters. The summed E-state index contributed by atoms with van der Waals surface area (Å²) in [5, 5.41) is 3.40. The van der Waals surface area contributed by atoms with Crippen molar-refractivity contribution < 1.29 is 4.74 Å². The standard InChI is InChI=1S/C10H20N2O/c1-12-5-2-3-9(8-12)10-7-11-4-6-13-10/h9-11H,2-8H2,1H3. The second-order valence-corrected chi connectivity index (χ2v) is 4.28. The molecule has 2 saturated heterocycles. The number of piperidine rings is 1. The van der Waals surface area contributed by atoms with Gasteiger partial charge in [0.15, 0.2) is 0 Å². The number of likely N-dealkylation sites (tertiary alicyclic amines) is 1. The highest BCUT2D eigenvalue weighted by molar-refractivity contribution is 4.81. The third-order valence-electron chi connectivity index (χ3n) is 3.14. The monoisotopic (exact) mass is 184 g/mol. The van der Waals surface area contributed by atoms with Gasteiger partial charge in [0.1, 0.15) is 0 Å². The van der Waals surface area contributed by atoms with Crippen LogP contribution >= 0.6 is 0 Å². The van der Waals surface area contributed by atoms with Crippen molar-refractivity contribution in [1.82, 2.24) is 10.2 Å². The van der Waals surface area contributed by atoms with E-state index in [0.29, 0.717) is 6.10 Å². The molecule has 0 spiro atoms. The minimum absolute atomic E-state index is 0.469. The molecule has 2 aliphatic heterocycles. The lowest BCUT2D eigenvalue weighted by molar-refractivity contribution is -0.0278. The highest BCUT2D eigenvalue weighted by atomic mass is 16.5. The SMILES string of the molecule is CN1CCCC(C2CNCCO2)C1. The van der Waals surface area contributed by atoms with Crippen LogP contribution in [-0.4, -0.2) is 50.8 Å². The molecule has 76 valence electrons. The van der Waals surface area contributed by atoms with Gasteiger partial charge in [0.25, 0.3) is 0 Å². The Morgan fingerprint density at radius 1 is 1.46 bits per heavy atom. The molecule has 0 aromatic rings. The molecule has 0 radical (unpaired) electrons. The molecule has 0 aromatic carbocycles. The molecule has 2 unspecified atom stereocenters. The maximum Gasteiger partial charge on any atom is 0.0740 e. The second kappa shape index (κ2) is 4.40. The summed E-state index contributed by atoms with van der Waals surface area (Å²) in [7, 11) is 2.21. The first-order valence-corrected chi connectivity index (χ1v) is 5.37. The highest BCUT2D eigenvalue weighted by Crippen LogP contribution is 2.21. The first-order chi connectivity index (χ1) is 6.36. The summed E-state index contributed by atoms with van der Waals surface area (Å²) in [6.45, 7) is 5.45. The van der Waals surface area contributed by atoms with Crippen LogP contribution in [0.25, 0.3) is 0 Å². The Morgan fingerprint density at radius 3 is 3.08 bits per heavy atom. The fraction of sp³-hybridized carbons (Fsp3) is 1.00. The van der Waals surface area contributed by atoms with Crippen molar-refractivity contribution in [2.24, 2.45) is 5.92 Å². The van der Waals surface area contributed by atoms with Crippen molar-refractivity contribution in [3.05, 3.63) is 0 Å². The summed E-state index contributed by atoms with van der Waals surface area (Å²) in [5.74, 6) is 0.756. The van der Waals surface area contributed by atoms with E-state index < -0.39 is 0 Å². The van der Waals surface area contributed by atoms with Crippen molar-refractivity contribution in [2.45, 2.75) is 18.9 Å². The third kappa shape index (κ3) is 2.42. The average molecular weight is 184 g/mol. The molecule has 0 aromatic heterocycles. The molecule has 2 rings (SSSR count). The summed E-state index contributed by atoms with van der Waals surface area (Å²) in [6, 6.07) is 0. The molecule has 0 saturated carbocycles. The van der Waals surface area contributed by atoms with Crippen LogP contribution in [0.1, 0.15) is 12.8 Å². The van der Waals surface area contributed by atoms with Crippen LogP contribution in [0, 0.1) is 5.92 Å². The van der Waals surface area contributed by atoms with E-state index in [1.54, 1.807) is 0 Å². The Balaban J connectivity index is 1.83. The summed E-state index contributed by atoms with van der Waals surface area (Å²) in [5.41, 5.74) is 0. The number of nitrogens with zero attached hydrogens (tertiary/aromatic N) is 1. The Hall–Kier alpha value is -0.120. The molecule has 2 fully saturated rings. The minimum atomic E-state index is 0.469. The van der Waals surface area contributed by atoms with Crippen molar-refractivity contribution >= 4 is 0 Å². The number of hydrogen-bond donors (Lipinski definition) is 1. The molecular weight excluding hydrogens is 164 g/mol. The normalized spacial score (nSPS) is 37.6. The number of nitrogens with one attached hydrogen (secondary N) is 1. The average Bonchev–Trinajstić information content (AvgIpc) is 2.19. The van der Waals surface area contributed by atoms with Crippen molar-refractivity contribution in [1.29, 1.82) is 0 Å². The fourth-order valence-corrected chi connectivity index (χ4v) is 2.40. The van der Waals surface area contributed by atoms with Gasteiger partial charge in [-0.25, -0.2) is 0 Å². The van der Waals surface area contributed by atoms with Crippen LogP contribution in [0.2, 0.25) is 0 Å². The molecule has 3 heteroatoms. The lowest BCUT2D eigenvalue weighted by Gasteiger charge is -2.36. The van der Waals surface area contributed by atoms with Gasteiger partial charge in [-0.1, -0.05) is 0 Å². The van der Waals surface area contributed by atoms with E-state index in [1.165, 1.54) is 25.9 Å². The first kappa shape index (κ1) is 9.44. The second-order valence-electron chi connectivity index (χ2n) is 4.28. The summed E-state index contributed by atoms with van der Waals surface area (Å²) >= 11 is 0. The van der Waals surface area contributed by atoms with Gasteiger partial charge < -0.3 is 15.0 Å². The largest absolute Gasteiger partial charge is 0.375 e. The molecule has 0 bridgehead atoms. The van der Waals surface area contributed by atoms with Gasteiger partial charge in [-0.15, -0.1) is 0 Å². The van der Waals surface area contributed by atoms with Crippen LogP contribution < -0.4 is 5.32 Å². The lowest BCUT2D eigenvalue weighted by Crippen LogP contribution is -2.47. The van der Waals surface area contributed by atoms with Crippen LogP contribution in [-0.2, 0) is 4.74 Å². The summed E-state index contributed by atoms with van der Waals surface area (Å²) in [6.07, 6.45) is 3.15. The zero-order valence-electron chi connectivity index (χ0n) is 8.46. The number of rotatable bonds is 1. The van der Waals surface area contributed by atoms with Crippen LogP contribution in [0.3, 0.4) is 0 Å². The first-order valence-electron chi connectivity index (χ1n) is 5.37. The topological polar surface area (TPSA) is 24.5 Å². The smallest absolute Gasteiger partial charge is 0.0740 e. The Bertz CT molecular complexity index is 157. The van der Waals surface area contributed by atoms with E-state index in [9.17, 15) is 0 Å². The van der Waals surface area contributed by atoms with E-state index in [2.05, 4.69) is 17.3 Å². The van der Waals surface area contributed by atoms with Crippen LogP contribution in [0.5, 0.6) is 0 Å². The van der Waals surface area contributed by atoms with Crippen LogP contribution in [0.4, 0.5) is 0 Å². The fourth-order valence-electron chi connectivity index (χ4n) is 2.40. The Morgan fingerprint density at radius 2 is 2.38 bits per heavy atom. The van der Waals surface area contributed by atoms with Gasteiger partial charge in [0, 0.05) is 19.6 Å². The predicted molar refractivity (Wildman–Crippen MR) is 52.8 cm³/mol. The molecule has 2 aliphatic rings. The van der Waals surface area contributed by atoms with Gasteiger partial charge in [-0.3, -0.25) is 0 Å². The van der Waals surface area contributed by atoms with Gasteiger partial charge in [-0.05, 0) is 32.4 Å². The molecule has 13 heavy (non-hydrogen) atoms. The summed E-state index contributed by atoms with van der Waals surface area (Å²) in [4.78, 5) is 2.42. The summed E-state index contributed by atoms with van der Waals surface area (Å²) < 4.78 is 5.78. The molecule has 3 nitrogen and oxygen atoms in total. The van der Waals surface area contributed by atoms with Gasteiger partial charge in [0.05, 0.1) is 12.7 Å². The van der Waals surface area contributed by atoms with E-state index >= 15 is 0 Å². The number of morpholine rings is 1. The van der Waals surface area contributed by atoms with Gasteiger partial charge in [0.2, 0.25) is 0 Å². The quantitative estimate of drug-likeness (QED) is 0.635. The molecular formula is C10H20N2O. The molecule has 0 aliphatic carbocycles. The van der Waals surface area contributed by atoms with E-state index in [1.807, 2.05) is 0 Å². The van der Waals surface area contributed by atoms with E-state index in [0.717, 1.165) is 25.6 Å². The predicted octanol–water partition coefficient (Wildman–Crippen LogP) is 0.317. The zero-order chi connectivity index (χ0) is 9.10. The molecule has 1 N–H and O–H groups in total. The Labute approximate surface area is 80.4 Å². The molecule has 2 heterocycles. The van der Waals surface area contributed by atoms with Crippen molar-refractivity contribution in [2.75, 3.05) is 39.8 Å². The maximum atomic E-state index is 5.78. The third-order valence-corrected chi connectivity index (χ3v) is 3.14.